The van der Waals surface area contributed by atoms with Crippen LogP contribution in [0, 0.1) is 0 Å². The number of furan rings is 1. The summed E-state index contributed by atoms with van der Waals surface area (Å²) in [7, 11) is 1.61. The molecular weight excluding hydrogens is 432 g/mol. The molecule has 1 aromatic heterocycles. The van der Waals surface area contributed by atoms with Crippen LogP contribution < -0.4 is 13.7 Å². The summed E-state index contributed by atoms with van der Waals surface area (Å²) in [6.07, 6.45) is -4.33. The van der Waals surface area contributed by atoms with Crippen molar-refractivity contribution in [3.63, 3.8) is 0 Å². The molecule has 0 saturated heterocycles. The molecule has 0 fully saturated rings. The monoisotopic (exact) mass is 448 g/mol. The van der Waals surface area contributed by atoms with E-state index in [9.17, 15) is 13.2 Å². The molecule has 2 nitrogen and oxygen atoms in total. The van der Waals surface area contributed by atoms with E-state index in [2.05, 4.69) is 0 Å². The van der Waals surface area contributed by atoms with Gasteiger partial charge >= 0.3 is 166 Å². The number of rotatable bonds is 4. The number of hydrogen-bond acceptors (Lipinski definition) is 2. The average Bonchev–Trinajstić information content (AvgIpc) is 3.06. The first-order valence-corrected chi connectivity index (χ1v) is 10.2. The van der Waals surface area contributed by atoms with Gasteiger partial charge in [0.15, 0.2) is 0 Å². The van der Waals surface area contributed by atoms with Crippen LogP contribution in [0.25, 0.3) is 22.3 Å². The second kappa shape index (κ2) is 7.38. The van der Waals surface area contributed by atoms with Crippen molar-refractivity contribution in [2.24, 2.45) is 0 Å². The van der Waals surface area contributed by atoms with E-state index in [1.54, 1.807) is 19.2 Å². The van der Waals surface area contributed by atoms with Crippen molar-refractivity contribution in [3.8, 4) is 17.1 Å². The van der Waals surface area contributed by atoms with Gasteiger partial charge < -0.3 is 0 Å². The Balaban J connectivity index is 1.76. The van der Waals surface area contributed by atoms with Gasteiger partial charge in [0.2, 0.25) is 0 Å². The molecule has 0 N–H and O–H groups in total. The zero-order valence-corrected chi connectivity index (χ0v) is 16.5. The van der Waals surface area contributed by atoms with E-state index in [-0.39, 0.29) is 15.0 Å². The summed E-state index contributed by atoms with van der Waals surface area (Å²) in [6.45, 7) is 0. The Labute approximate surface area is 166 Å². The van der Waals surface area contributed by atoms with Crippen molar-refractivity contribution in [1.82, 2.24) is 0 Å². The maximum atomic E-state index is 12.8. The predicted molar refractivity (Wildman–Crippen MR) is 105 cm³/mol. The summed E-state index contributed by atoms with van der Waals surface area (Å²) in [4.78, 5) is 0. The van der Waals surface area contributed by atoms with Gasteiger partial charge in [-0.2, -0.15) is 0 Å². The van der Waals surface area contributed by atoms with Crippen LogP contribution in [-0.4, -0.2) is 22.1 Å². The molecule has 0 unspecified atom stereocenters. The van der Waals surface area contributed by atoms with E-state index in [1.165, 1.54) is 0 Å². The van der Waals surface area contributed by atoms with E-state index < -0.39 is 11.7 Å². The van der Waals surface area contributed by atoms with Gasteiger partial charge in [-0.1, -0.05) is 0 Å². The first-order valence-electron chi connectivity index (χ1n) is 8.47. The minimum absolute atomic E-state index is 0.216. The van der Waals surface area contributed by atoms with Gasteiger partial charge in [0, 0.05) is 0 Å². The summed E-state index contributed by atoms with van der Waals surface area (Å²) in [5, 5.41) is 0.980. The molecule has 0 aliphatic heterocycles. The van der Waals surface area contributed by atoms with E-state index in [1.807, 2.05) is 48.5 Å². The Bertz CT molecular complexity index is 1100. The van der Waals surface area contributed by atoms with Crippen LogP contribution in [0.5, 0.6) is 5.75 Å². The Morgan fingerprint density at radius 1 is 0.857 bits per heavy atom. The molecule has 4 rings (SSSR count). The second-order valence-corrected chi connectivity index (χ2v) is 8.38. The first-order chi connectivity index (χ1) is 13.5. The van der Waals surface area contributed by atoms with Crippen LogP contribution in [0.1, 0.15) is 5.56 Å². The Kier molecular flexibility index (Phi) is 4.92. The quantitative estimate of drug-likeness (QED) is 0.420. The van der Waals surface area contributed by atoms with Gasteiger partial charge in [-0.3, -0.25) is 0 Å². The van der Waals surface area contributed by atoms with E-state index in [0.29, 0.717) is 0 Å². The number of halogens is 3. The number of ether oxygens (including phenoxy) is 1. The maximum absolute atomic E-state index is 12.8. The van der Waals surface area contributed by atoms with Crippen molar-refractivity contribution >= 4 is 34.8 Å². The SMILES string of the molecule is COc1ccc(-c2oc3ccccc3c2[Se]c2ccc(C(F)(F)F)cc2)cc1. The minimum atomic E-state index is -4.33. The van der Waals surface area contributed by atoms with Crippen molar-refractivity contribution in [2.75, 3.05) is 7.11 Å². The number of para-hydroxylation sites is 1. The molecule has 0 radical (unpaired) electrons. The molecule has 0 aliphatic carbocycles. The molecule has 4 aromatic rings. The van der Waals surface area contributed by atoms with E-state index in [4.69, 9.17) is 9.15 Å². The number of benzene rings is 3. The third kappa shape index (κ3) is 3.66. The van der Waals surface area contributed by atoms with Crippen molar-refractivity contribution in [3.05, 3.63) is 78.4 Å². The first kappa shape index (κ1) is 18.7. The molecule has 142 valence electrons. The third-order valence-electron chi connectivity index (χ3n) is 4.30. The van der Waals surface area contributed by atoms with Gasteiger partial charge in [-0.15, -0.1) is 0 Å². The summed E-state index contributed by atoms with van der Waals surface area (Å²) >= 11 is -0.216. The molecule has 3 aromatic carbocycles. The van der Waals surface area contributed by atoms with Gasteiger partial charge in [-0.25, -0.2) is 0 Å². The van der Waals surface area contributed by atoms with Crippen molar-refractivity contribution in [2.45, 2.75) is 6.18 Å². The summed E-state index contributed by atoms with van der Waals surface area (Å²) in [5.41, 5.74) is 1.03. The summed E-state index contributed by atoms with van der Waals surface area (Å²) in [5.74, 6) is 1.48. The van der Waals surface area contributed by atoms with Crippen LogP contribution in [-0.2, 0) is 6.18 Å². The molecule has 0 bridgehead atoms. The molecular formula is C22H15F3O2Se. The number of hydrogen-bond donors (Lipinski definition) is 0. The van der Waals surface area contributed by atoms with Crippen LogP contribution in [0.3, 0.4) is 0 Å². The normalized spacial score (nSPS) is 11.7. The zero-order chi connectivity index (χ0) is 19.7. The van der Waals surface area contributed by atoms with Crippen molar-refractivity contribution < 1.29 is 22.3 Å². The van der Waals surface area contributed by atoms with Crippen LogP contribution in [0.4, 0.5) is 13.2 Å². The average molecular weight is 447 g/mol. The van der Waals surface area contributed by atoms with Crippen LogP contribution in [0.15, 0.2) is 77.2 Å². The van der Waals surface area contributed by atoms with Crippen molar-refractivity contribution in [1.29, 1.82) is 0 Å². The molecule has 6 heteroatoms. The molecule has 0 atom stereocenters. The number of alkyl halides is 3. The fraction of sp³-hybridized carbons (Fsp3) is 0.0909. The Morgan fingerprint density at radius 3 is 2.18 bits per heavy atom. The molecule has 1 heterocycles. The second-order valence-electron chi connectivity index (χ2n) is 6.11. The van der Waals surface area contributed by atoms with Gasteiger partial charge in [-0.05, 0) is 0 Å². The molecule has 28 heavy (non-hydrogen) atoms. The van der Waals surface area contributed by atoms with Gasteiger partial charge in [0.1, 0.15) is 0 Å². The molecule has 0 amide bonds. The van der Waals surface area contributed by atoms with Gasteiger partial charge in [0.05, 0.1) is 0 Å². The third-order valence-corrected chi connectivity index (χ3v) is 6.65. The van der Waals surface area contributed by atoms with Gasteiger partial charge in [0.25, 0.3) is 0 Å². The van der Waals surface area contributed by atoms with E-state index >= 15 is 0 Å². The Hall–Kier alpha value is -2.69. The summed E-state index contributed by atoms with van der Waals surface area (Å²) in [6, 6.07) is 20.6. The van der Waals surface area contributed by atoms with Crippen LogP contribution >= 0.6 is 0 Å². The topological polar surface area (TPSA) is 22.4 Å². The summed E-state index contributed by atoms with van der Waals surface area (Å²) < 4.78 is 51.7. The number of fused-ring (bicyclic) bond motifs is 1. The number of methoxy groups -OCH3 is 1. The molecule has 0 saturated carbocycles. The fourth-order valence-corrected chi connectivity index (χ4v) is 5.06. The molecule has 0 aliphatic rings. The zero-order valence-electron chi connectivity index (χ0n) is 14.8. The van der Waals surface area contributed by atoms with E-state index in [0.717, 1.165) is 49.1 Å². The van der Waals surface area contributed by atoms with Crippen LogP contribution in [0.2, 0.25) is 0 Å². The molecule has 0 spiro atoms. The standard InChI is InChI=1S/C22H15F3O2Se/c1-26-16-10-6-14(7-11-16)20-21(18-4-2-3-5-19(18)27-20)28-17-12-8-15(9-13-17)22(23,24)25/h2-13H,1H3. The fourth-order valence-electron chi connectivity index (χ4n) is 2.89. The predicted octanol–water partition coefficient (Wildman–Crippen LogP) is 4.78. The Morgan fingerprint density at radius 2 is 1.54 bits per heavy atom.